The van der Waals surface area contributed by atoms with Gasteiger partial charge in [0.1, 0.15) is 11.6 Å². The molecule has 3 atom stereocenters. The van der Waals surface area contributed by atoms with E-state index in [1.54, 1.807) is 20.8 Å². The minimum absolute atomic E-state index is 0.0172. The number of carbonyl (C=O) groups is 2. The summed E-state index contributed by atoms with van der Waals surface area (Å²) in [6.07, 6.45) is 5.34. The summed E-state index contributed by atoms with van der Waals surface area (Å²) in [4.78, 5) is 23.8. The molecule has 0 radical (unpaired) electrons. The molecule has 1 rings (SSSR count). The average molecular weight is 323 g/mol. The molecule has 1 aliphatic rings. The molecule has 2 N–H and O–H groups in total. The van der Waals surface area contributed by atoms with Gasteiger partial charge >= 0.3 is 12.1 Å². The van der Waals surface area contributed by atoms with Gasteiger partial charge in [-0.2, -0.15) is 0 Å². The van der Waals surface area contributed by atoms with Crippen LogP contribution in [0.15, 0.2) is 23.8 Å². The van der Waals surface area contributed by atoms with Crippen molar-refractivity contribution in [1.29, 1.82) is 0 Å². The number of hydrogen-bond donors (Lipinski definition) is 2. The molecule has 0 aromatic rings. The summed E-state index contributed by atoms with van der Waals surface area (Å²) in [5, 5.41) is 12.2. The lowest BCUT2D eigenvalue weighted by atomic mass is 9.64. The number of nitrogens with one attached hydrogen (secondary N) is 1. The Labute approximate surface area is 138 Å². The summed E-state index contributed by atoms with van der Waals surface area (Å²) in [7, 11) is 0. The Morgan fingerprint density at radius 1 is 1.26 bits per heavy atom. The number of carboxylic acids is 1. The van der Waals surface area contributed by atoms with Crippen LogP contribution in [0.2, 0.25) is 0 Å². The van der Waals surface area contributed by atoms with E-state index in [2.05, 4.69) is 18.3 Å². The highest BCUT2D eigenvalue weighted by molar-refractivity contribution is 5.81. The van der Waals surface area contributed by atoms with Gasteiger partial charge in [0.25, 0.3) is 0 Å². The van der Waals surface area contributed by atoms with Gasteiger partial charge < -0.3 is 15.2 Å². The Morgan fingerprint density at radius 3 is 2.26 bits per heavy atom. The van der Waals surface area contributed by atoms with Crippen LogP contribution in [-0.2, 0) is 9.53 Å². The lowest BCUT2D eigenvalue weighted by molar-refractivity contribution is -0.143. The third-order valence-electron chi connectivity index (χ3n) is 4.24. The topological polar surface area (TPSA) is 75.6 Å². The number of amides is 1. The molecule has 5 heteroatoms. The highest BCUT2D eigenvalue weighted by atomic mass is 16.6. The summed E-state index contributed by atoms with van der Waals surface area (Å²) >= 11 is 0. The Hall–Kier alpha value is -1.78. The molecule has 130 valence electrons. The van der Waals surface area contributed by atoms with E-state index in [1.165, 1.54) is 0 Å². The Morgan fingerprint density at radius 2 is 1.83 bits per heavy atom. The number of hydrogen-bond acceptors (Lipinski definition) is 3. The van der Waals surface area contributed by atoms with Gasteiger partial charge in [-0.05, 0) is 39.5 Å². The molecule has 2 unspecified atom stereocenters. The van der Waals surface area contributed by atoms with Gasteiger partial charge in [-0.15, -0.1) is 0 Å². The Balaban J connectivity index is 3.04. The molecule has 1 amide bonds. The standard InChI is InChI=1S/C18H29NO4/c1-11-9-8-10-12(2)13(11)18(6,7)14(15(20)21)19-16(22)23-17(3,4)5/h8-11,13-14H,1-7H3,(H,19,22)(H,20,21)/t11?,13?,14-/m1/s1. The van der Waals surface area contributed by atoms with Gasteiger partial charge in [-0.3, -0.25) is 0 Å². The lowest BCUT2D eigenvalue weighted by Gasteiger charge is -2.43. The van der Waals surface area contributed by atoms with Crippen LogP contribution in [0.4, 0.5) is 4.79 Å². The zero-order valence-corrected chi connectivity index (χ0v) is 15.1. The van der Waals surface area contributed by atoms with Gasteiger partial charge in [0.05, 0.1) is 0 Å². The van der Waals surface area contributed by atoms with E-state index in [9.17, 15) is 14.7 Å². The van der Waals surface area contributed by atoms with Crippen molar-refractivity contribution in [2.45, 2.75) is 60.1 Å². The van der Waals surface area contributed by atoms with Crippen LogP contribution in [0.1, 0.15) is 48.5 Å². The molecule has 0 saturated heterocycles. The summed E-state index contributed by atoms with van der Waals surface area (Å²) in [5.74, 6) is -0.851. The van der Waals surface area contributed by atoms with Crippen LogP contribution in [-0.4, -0.2) is 28.8 Å². The first-order valence-electron chi connectivity index (χ1n) is 7.93. The molecule has 0 spiro atoms. The SMILES string of the molecule is CC1=CC=CC(C)C1C(C)(C)[C@H](NC(=O)OC(C)(C)C)C(=O)O. The molecule has 0 fully saturated rings. The summed E-state index contributed by atoms with van der Waals surface area (Å²) < 4.78 is 5.21. The van der Waals surface area contributed by atoms with Gasteiger partial charge in [0.2, 0.25) is 0 Å². The first-order chi connectivity index (χ1) is 10.4. The fourth-order valence-electron chi connectivity index (χ4n) is 3.45. The number of aliphatic carboxylic acids is 1. The van der Waals surface area contributed by atoms with Crippen molar-refractivity contribution < 1.29 is 19.4 Å². The second kappa shape index (κ2) is 6.77. The van der Waals surface area contributed by atoms with Crippen LogP contribution >= 0.6 is 0 Å². The van der Waals surface area contributed by atoms with Gasteiger partial charge in [-0.1, -0.05) is 44.6 Å². The number of alkyl carbamates (subject to hydrolysis) is 1. The smallest absolute Gasteiger partial charge is 0.408 e. The minimum atomic E-state index is -1.06. The van der Waals surface area contributed by atoms with Crippen molar-refractivity contribution >= 4 is 12.1 Å². The monoisotopic (exact) mass is 323 g/mol. The fraction of sp³-hybridized carbons (Fsp3) is 0.667. The normalized spacial score (nSPS) is 23.0. The van der Waals surface area contributed by atoms with E-state index >= 15 is 0 Å². The number of allylic oxidation sites excluding steroid dienone is 4. The highest BCUT2D eigenvalue weighted by Crippen LogP contribution is 2.43. The van der Waals surface area contributed by atoms with E-state index < -0.39 is 29.1 Å². The van der Waals surface area contributed by atoms with Crippen molar-refractivity contribution in [2.75, 3.05) is 0 Å². The first-order valence-corrected chi connectivity index (χ1v) is 7.93. The Kier molecular flexibility index (Phi) is 5.67. The Bertz CT molecular complexity index is 526. The van der Waals surface area contributed by atoms with Crippen molar-refractivity contribution in [3.8, 4) is 0 Å². The molecule has 0 aliphatic heterocycles. The summed E-state index contributed by atoms with van der Waals surface area (Å²) in [5.41, 5.74) is -0.233. The van der Waals surface area contributed by atoms with Gasteiger partial charge in [-0.25, -0.2) is 9.59 Å². The zero-order valence-electron chi connectivity index (χ0n) is 15.1. The van der Waals surface area contributed by atoms with Crippen LogP contribution in [0, 0.1) is 17.3 Å². The fourth-order valence-corrected chi connectivity index (χ4v) is 3.45. The van der Waals surface area contributed by atoms with Crippen LogP contribution in [0.5, 0.6) is 0 Å². The predicted molar refractivity (Wildman–Crippen MR) is 90.1 cm³/mol. The molecule has 0 aromatic heterocycles. The summed E-state index contributed by atoms with van der Waals surface area (Å²) in [6.45, 7) is 13.0. The number of rotatable bonds is 4. The van der Waals surface area contributed by atoms with Gasteiger partial charge in [0, 0.05) is 5.41 Å². The molecule has 23 heavy (non-hydrogen) atoms. The molecule has 5 nitrogen and oxygen atoms in total. The first kappa shape index (κ1) is 19.3. The molecule has 1 aliphatic carbocycles. The van der Waals surface area contributed by atoms with Crippen LogP contribution in [0.3, 0.4) is 0 Å². The summed E-state index contributed by atoms with van der Waals surface area (Å²) in [6, 6.07) is -1.04. The minimum Gasteiger partial charge on any atom is -0.480 e. The molecule has 0 saturated carbocycles. The molecular weight excluding hydrogens is 294 g/mol. The third kappa shape index (κ3) is 4.85. The second-order valence-electron chi connectivity index (χ2n) is 7.87. The number of carboxylic acid groups (broad SMARTS) is 1. The lowest BCUT2D eigenvalue weighted by Crippen LogP contribution is -2.55. The van der Waals surface area contributed by atoms with E-state index in [0.717, 1.165) is 5.57 Å². The van der Waals surface area contributed by atoms with Crippen molar-refractivity contribution in [1.82, 2.24) is 5.32 Å². The van der Waals surface area contributed by atoms with Crippen LogP contribution in [0.25, 0.3) is 0 Å². The van der Waals surface area contributed by atoms with Crippen molar-refractivity contribution in [2.24, 2.45) is 17.3 Å². The maximum absolute atomic E-state index is 12.0. The highest BCUT2D eigenvalue weighted by Gasteiger charge is 2.45. The molecular formula is C18H29NO4. The van der Waals surface area contributed by atoms with Crippen molar-refractivity contribution in [3.05, 3.63) is 23.8 Å². The van der Waals surface area contributed by atoms with Crippen molar-refractivity contribution in [3.63, 3.8) is 0 Å². The predicted octanol–water partition coefficient (Wildman–Crippen LogP) is 3.76. The third-order valence-corrected chi connectivity index (χ3v) is 4.24. The van der Waals surface area contributed by atoms with E-state index in [-0.39, 0.29) is 11.8 Å². The van der Waals surface area contributed by atoms with E-state index in [0.29, 0.717) is 0 Å². The molecule has 0 bridgehead atoms. The maximum atomic E-state index is 12.0. The molecule has 0 heterocycles. The number of ether oxygens (including phenoxy) is 1. The average Bonchev–Trinajstić information content (AvgIpc) is 2.32. The van der Waals surface area contributed by atoms with Crippen LogP contribution < -0.4 is 5.32 Å². The largest absolute Gasteiger partial charge is 0.480 e. The van der Waals surface area contributed by atoms with Gasteiger partial charge in [0.15, 0.2) is 0 Å². The zero-order chi connectivity index (χ0) is 18.0. The number of carbonyl (C=O) groups excluding carboxylic acids is 1. The van der Waals surface area contributed by atoms with E-state index in [1.807, 2.05) is 32.9 Å². The quantitative estimate of drug-likeness (QED) is 0.826. The van der Waals surface area contributed by atoms with E-state index in [4.69, 9.17) is 4.74 Å². The maximum Gasteiger partial charge on any atom is 0.408 e. The molecule has 0 aromatic carbocycles. The second-order valence-corrected chi connectivity index (χ2v) is 7.87.